The third kappa shape index (κ3) is 3.45. The highest BCUT2D eigenvalue weighted by Gasteiger charge is 2.15. The Bertz CT molecular complexity index is 638. The average molecular weight is 286 g/mol. The SMILES string of the molecule is COc1ccc(CN(C)C(=O)c2cc(O)ccc2N)cc1. The quantitative estimate of drug-likeness (QED) is 0.667. The van der Waals surface area contributed by atoms with Crippen molar-refractivity contribution in [3.05, 3.63) is 53.6 Å². The predicted octanol–water partition coefficient (Wildman–Crippen LogP) is 2.26. The van der Waals surface area contributed by atoms with Crippen LogP contribution in [-0.2, 0) is 6.54 Å². The van der Waals surface area contributed by atoms with Crippen LogP contribution in [0.3, 0.4) is 0 Å². The number of nitrogens with zero attached hydrogens (tertiary/aromatic N) is 1. The number of rotatable bonds is 4. The first-order valence-electron chi connectivity index (χ1n) is 6.48. The molecule has 21 heavy (non-hydrogen) atoms. The Morgan fingerprint density at radius 1 is 1.24 bits per heavy atom. The summed E-state index contributed by atoms with van der Waals surface area (Å²) < 4.78 is 5.09. The molecule has 0 unspecified atom stereocenters. The molecule has 5 heteroatoms. The number of aromatic hydroxyl groups is 1. The zero-order valence-corrected chi connectivity index (χ0v) is 12.0. The van der Waals surface area contributed by atoms with Crippen LogP contribution in [0.15, 0.2) is 42.5 Å². The first-order valence-corrected chi connectivity index (χ1v) is 6.48. The van der Waals surface area contributed by atoms with E-state index < -0.39 is 0 Å². The summed E-state index contributed by atoms with van der Waals surface area (Å²) in [7, 11) is 3.30. The summed E-state index contributed by atoms with van der Waals surface area (Å²) in [6.45, 7) is 0.442. The third-order valence-corrected chi connectivity index (χ3v) is 3.19. The number of hydrogen-bond donors (Lipinski definition) is 2. The Morgan fingerprint density at radius 3 is 2.52 bits per heavy atom. The van der Waals surface area contributed by atoms with E-state index in [-0.39, 0.29) is 11.7 Å². The number of hydrogen-bond acceptors (Lipinski definition) is 4. The van der Waals surface area contributed by atoms with Crippen LogP contribution in [0, 0.1) is 0 Å². The van der Waals surface area contributed by atoms with Gasteiger partial charge in [-0.25, -0.2) is 0 Å². The fraction of sp³-hybridized carbons (Fsp3) is 0.188. The van der Waals surface area contributed by atoms with Crippen molar-refractivity contribution in [1.29, 1.82) is 0 Å². The minimum Gasteiger partial charge on any atom is -0.508 e. The van der Waals surface area contributed by atoms with Gasteiger partial charge in [0.05, 0.1) is 12.7 Å². The molecule has 0 bridgehead atoms. The molecular formula is C16H18N2O3. The molecule has 3 N–H and O–H groups in total. The van der Waals surface area contributed by atoms with Gasteiger partial charge in [0.2, 0.25) is 0 Å². The molecule has 0 fully saturated rings. The molecule has 0 aliphatic carbocycles. The molecule has 1 amide bonds. The maximum Gasteiger partial charge on any atom is 0.256 e. The minimum absolute atomic E-state index is 0.0189. The number of ether oxygens (including phenoxy) is 1. The molecular weight excluding hydrogens is 268 g/mol. The van der Waals surface area contributed by atoms with Gasteiger partial charge in [-0.1, -0.05) is 12.1 Å². The number of anilines is 1. The molecule has 0 aliphatic rings. The van der Waals surface area contributed by atoms with E-state index in [2.05, 4.69) is 0 Å². The fourth-order valence-electron chi connectivity index (χ4n) is 2.01. The van der Waals surface area contributed by atoms with E-state index in [0.29, 0.717) is 17.8 Å². The Labute approximate surface area is 123 Å². The highest BCUT2D eigenvalue weighted by atomic mass is 16.5. The van der Waals surface area contributed by atoms with Crippen LogP contribution in [-0.4, -0.2) is 30.1 Å². The smallest absolute Gasteiger partial charge is 0.256 e. The topological polar surface area (TPSA) is 75.8 Å². The summed E-state index contributed by atoms with van der Waals surface area (Å²) in [5, 5.41) is 9.48. The van der Waals surface area contributed by atoms with E-state index in [1.165, 1.54) is 18.2 Å². The Kier molecular flexibility index (Phi) is 4.33. The highest BCUT2D eigenvalue weighted by Crippen LogP contribution is 2.21. The van der Waals surface area contributed by atoms with Gasteiger partial charge in [0, 0.05) is 19.3 Å². The summed E-state index contributed by atoms with van der Waals surface area (Å²) in [6.07, 6.45) is 0. The van der Waals surface area contributed by atoms with E-state index >= 15 is 0 Å². The predicted molar refractivity (Wildman–Crippen MR) is 81.3 cm³/mol. The molecule has 0 atom stereocenters. The van der Waals surface area contributed by atoms with E-state index in [1.54, 1.807) is 19.1 Å². The molecule has 2 aromatic carbocycles. The van der Waals surface area contributed by atoms with E-state index in [4.69, 9.17) is 10.5 Å². The second-order valence-electron chi connectivity index (χ2n) is 4.78. The molecule has 0 spiro atoms. The summed E-state index contributed by atoms with van der Waals surface area (Å²) in [5.74, 6) is 0.551. The molecule has 0 heterocycles. The van der Waals surface area contributed by atoms with Gasteiger partial charge in [0.15, 0.2) is 0 Å². The molecule has 0 saturated heterocycles. The molecule has 2 rings (SSSR count). The number of phenols is 1. The number of carbonyl (C=O) groups excluding carboxylic acids is 1. The lowest BCUT2D eigenvalue weighted by Crippen LogP contribution is -2.26. The van der Waals surface area contributed by atoms with E-state index in [1.807, 2.05) is 24.3 Å². The first kappa shape index (κ1) is 14.7. The fourth-order valence-corrected chi connectivity index (χ4v) is 2.01. The Morgan fingerprint density at radius 2 is 1.90 bits per heavy atom. The molecule has 0 aliphatic heterocycles. The van der Waals surface area contributed by atoms with Gasteiger partial charge < -0.3 is 20.5 Å². The Hall–Kier alpha value is -2.69. The number of amides is 1. The van der Waals surface area contributed by atoms with Crippen LogP contribution in [0.5, 0.6) is 11.5 Å². The summed E-state index contributed by atoms with van der Waals surface area (Å²) in [5.41, 5.74) is 7.41. The standard InChI is InChI=1S/C16H18N2O3/c1-18(10-11-3-6-13(21-2)7-4-11)16(20)14-9-12(19)5-8-15(14)17/h3-9,19H,10,17H2,1-2H3. The number of methoxy groups -OCH3 is 1. The summed E-state index contributed by atoms with van der Waals surface area (Å²) in [6, 6.07) is 11.8. The summed E-state index contributed by atoms with van der Waals surface area (Å²) >= 11 is 0. The summed E-state index contributed by atoms with van der Waals surface area (Å²) in [4.78, 5) is 13.9. The van der Waals surface area contributed by atoms with E-state index in [9.17, 15) is 9.90 Å². The monoisotopic (exact) mass is 286 g/mol. The Balaban J connectivity index is 2.13. The van der Waals surface area contributed by atoms with Crippen molar-refractivity contribution >= 4 is 11.6 Å². The maximum atomic E-state index is 12.4. The van der Waals surface area contributed by atoms with Crippen molar-refractivity contribution in [1.82, 2.24) is 4.90 Å². The van der Waals surface area contributed by atoms with Crippen LogP contribution in [0.4, 0.5) is 5.69 Å². The second-order valence-corrected chi connectivity index (χ2v) is 4.78. The molecule has 0 aromatic heterocycles. The van der Waals surface area contributed by atoms with Crippen molar-refractivity contribution in [2.75, 3.05) is 19.9 Å². The van der Waals surface area contributed by atoms with Crippen LogP contribution in [0.2, 0.25) is 0 Å². The normalized spacial score (nSPS) is 10.2. The molecule has 5 nitrogen and oxygen atoms in total. The van der Waals surface area contributed by atoms with Gasteiger partial charge in [-0.05, 0) is 35.9 Å². The van der Waals surface area contributed by atoms with Gasteiger partial charge in [-0.3, -0.25) is 4.79 Å². The number of phenolic OH excluding ortho intramolecular Hbond substituents is 1. The largest absolute Gasteiger partial charge is 0.508 e. The zero-order valence-electron chi connectivity index (χ0n) is 12.0. The van der Waals surface area contributed by atoms with Crippen molar-refractivity contribution in [3.8, 4) is 11.5 Å². The van der Waals surface area contributed by atoms with E-state index in [0.717, 1.165) is 11.3 Å². The average Bonchev–Trinajstić information content (AvgIpc) is 2.49. The van der Waals surface area contributed by atoms with Crippen LogP contribution < -0.4 is 10.5 Å². The molecule has 110 valence electrons. The molecule has 0 saturated carbocycles. The van der Waals surface area contributed by atoms with Gasteiger partial charge in [0.1, 0.15) is 11.5 Å². The lowest BCUT2D eigenvalue weighted by Gasteiger charge is -2.18. The first-order chi connectivity index (χ1) is 10.0. The van der Waals surface area contributed by atoms with Gasteiger partial charge in [-0.15, -0.1) is 0 Å². The third-order valence-electron chi connectivity index (χ3n) is 3.19. The van der Waals surface area contributed by atoms with Crippen molar-refractivity contribution in [2.24, 2.45) is 0 Å². The zero-order chi connectivity index (χ0) is 15.4. The van der Waals surface area contributed by atoms with Crippen molar-refractivity contribution in [3.63, 3.8) is 0 Å². The number of nitrogen functional groups attached to an aromatic ring is 1. The number of carbonyl (C=O) groups is 1. The highest BCUT2D eigenvalue weighted by molar-refractivity contribution is 5.99. The molecule has 2 aromatic rings. The van der Waals surface area contributed by atoms with Gasteiger partial charge in [-0.2, -0.15) is 0 Å². The lowest BCUT2D eigenvalue weighted by atomic mass is 10.1. The van der Waals surface area contributed by atoms with Crippen LogP contribution in [0.1, 0.15) is 15.9 Å². The number of nitrogens with two attached hydrogens (primary N) is 1. The lowest BCUT2D eigenvalue weighted by molar-refractivity contribution is 0.0785. The van der Waals surface area contributed by atoms with Gasteiger partial charge >= 0.3 is 0 Å². The number of benzene rings is 2. The van der Waals surface area contributed by atoms with Crippen molar-refractivity contribution in [2.45, 2.75) is 6.54 Å². The minimum atomic E-state index is -0.237. The van der Waals surface area contributed by atoms with Crippen molar-refractivity contribution < 1.29 is 14.6 Å². The maximum absolute atomic E-state index is 12.4. The van der Waals surface area contributed by atoms with Gasteiger partial charge in [0.25, 0.3) is 5.91 Å². The van der Waals surface area contributed by atoms with Crippen LogP contribution in [0.25, 0.3) is 0 Å². The van der Waals surface area contributed by atoms with Crippen LogP contribution >= 0.6 is 0 Å². The molecule has 0 radical (unpaired) electrons. The second kappa shape index (κ2) is 6.17.